The number of carboxylic acid groups (broad SMARTS) is 1. The van der Waals surface area contributed by atoms with E-state index in [1.807, 2.05) is 63.2 Å². The zero-order valence-electron chi connectivity index (χ0n) is 36.1. The lowest BCUT2D eigenvalue weighted by Crippen LogP contribution is -2.46. The van der Waals surface area contributed by atoms with Gasteiger partial charge >= 0.3 is 12.1 Å². The monoisotopic (exact) mass is 836 g/mol. The molecular formula is C48H60N2O9Si. The first-order valence-electron chi connectivity index (χ1n) is 20.5. The van der Waals surface area contributed by atoms with Gasteiger partial charge in [0, 0.05) is 18.0 Å². The van der Waals surface area contributed by atoms with Crippen molar-refractivity contribution in [2.24, 2.45) is 0 Å². The third-order valence-electron chi connectivity index (χ3n) is 10.9. The molecule has 2 atom stereocenters. The van der Waals surface area contributed by atoms with Crippen LogP contribution in [-0.4, -0.2) is 65.8 Å². The number of amides is 1. The molecule has 0 aliphatic heterocycles. The standard InChI is InChI=1S/C48H60N2O9Si/c1-46(2,3)58-45(54)50(30-16-11-17-31-56-37-24-22-36(23-25-37)48(55,44(52)53)35-20-14-10-15-21-35)32-41(59-60(7,8)47(4,5)6)38-26-28-40(43-39(38)27-29-42(51)49-43)57-33-34-18-12-9-13-19-34/h9-10,12-15,18-29,41,55H,11,16-17,30-33H2,1-8H3,(H,49,51)(H,52,53)/t41-,48?/m0/s1. The second-order valence-electron chi connectivity index (χ2n) is 17.6. The SMILES string of the molecule is CC(C)(C)OC(=O)N(CCCCCOc1ccc(C(O)(C(=O)O)c2ccccc2)cc1)C[C@H](O[Si](C)(C)C(C)(C)C)c1ccc(OCc2ccccc2)c2[nH]c(=O)ccc12. The molecule has 0 fully saturated rings. The number of nitrogens with zero attached hydrogens (tertiary/aromatic N) is 1. The fraction of sp³-hybridized carbons (Fsp3) is 0.396. The number of unbranched alkanes of at least 4 members (excludes halogenated alkanes) is 2. The van der Waals surface area contributed by atoms with E-state index in [9.17, 15) is 24.6 Å². The molecule has 1 unspecified atom stereocenters. The van der Waals surface area contributed by atoms with Gasteiger partial charge in [-0.15, -0.1) is 0 Å². The summed E-state index contributed by atoms with van der Waals surface area (Å²) in [5.74, 6) is -0.282. The van der Waals surface area contributed by atoms with Gasteiger partial charge in [0.05, 0.1) is 24.8 Å². The van der Waals surface area contributed by atoms with Gasteiger partial charge in [-0.25, -0.2) is 9.59 Å². The summed E-state index contributed by atoms with van der Waals surface area (Å²) in [5.41, 5.74) is -0.298. The van der Waals surface area contributed by atoms with Crippen molar-refractivity contribution in [3.63, 3.8) is 0 Å². The van der Waals surface area contributed by atoms with Crippen LogP contribution in [-0.2, 0) is 26.2 Å². The topological polar surface area (TPSA) is 148 Å². The molecule has 0 saturated carbocycles. The number of hydrogen-bond donors (Lipinski definition) is 3. The molecule has 11 nitrogen and oxygen atoms in total. The molecule has 1 heterocycles. The van der Waals surface area contributed by atoms with E-state index in [2.05, 4.69) is 38.8 Å². The van der Waals surface area contributed by atoms with Crippen LogP contribution < -0.4 is 15.0 Å². The first kappa shape index (κ1) is 45.6. The van der Waals surface area contributed by atoms with Crippen LogP contribution in [0.25, 0.3) is 10.9 Å². The van der Waals surface area contributed by atoms with Crippen molar-refractivity contribution in [1.82, 2.24) is 9.88 Å². The van der Waals surface area contributed by atoms with E-state index in [0.29, 0.717) is 49.6 Å². The Kier molecular flexibility index (Phi) is 14.7. The third-order valence-corrected chi connectivity index (χ3v) is 15.4. The number of ether oxygens (including phenoxy) is 3. The summed E-state index contributed by atoms with van der Waals surface area (Å²) in [5, 5.41) is 21.7. The van der Waals surface area contributed by atoms with Crippen LogP contribution in [0.15, 0.2) is 114 Å². The van der Waals surface area contributed by atoms with Crippen molar-refractivity contribution in [3.05, 3.63) is 142 Å². The van der Waals surface area contributed by atoms with Crippen LogP contribution in [0.3, 0.4) is 0 Å². The minimum Gasteiger partial charge on any atom is -0.494 e. The van der Waals surface area contributed by atoms with E-state index >= 15 is 0 Å². The van der Waals surface area contributed by atoms with Gasteiger partial charge in [-0.05, 0) is 105 Å². The first-order chi connectivity index (χ1) is 28.3. The Bertz CT molecular complexity index is 2250. The van der Waals surface area contributed by atoms with E-state index in [0.717, 1.165) is 22.9 Å². The number of nitrogens with one attached hydrogen (secondary N) is 1. The molecule has 60 heavy (non-hydrogen) atoms. The van der Waals surface area contributed by atoms with Gasteiger partial charge in [0.2, 0.25) is 11.2 Å². The largest absolute Gasteiger partial charge is 0.494 e. The molecule has 0 bridgehead atoms. The summed E-state index contributed by atoms with van der Waals surface area (Å²) >= 11 is 0. The average Bonchev–Trinajstić information content (AvgIpc) is 3.19. The number of carbonyl (C=O) groups excluding carboxylic acids is 1. The van der Waals surface area contributed by atoms with Crippen molar-refractivity contribution in [2.45, 2.75) is 103 Å². The number of pyridine rings is 1. The highest BCUT2D eigenvalue weighted by Gasteiger charge is 2.41. The number of fused-ring (bicyclic) bond motifs is 1. The smallest absolute Gasteiger partial charge is 0.410 e. The summed E-state index contributed by atoms with van der Waals surface area (Å²) in [4.78, 5) is 43.5. The fourth-order valence-corrected chi connectivity index (χ4v) is 7.82. The van der Waals surface area contributed by atoms with E-state index < -0.39 is 37.7 Å². The zero-order chi connectivity index (χ0) is 43.7. The lowest BCUT2D eigenvalue weighted by molar-refractivity contribution is -0.155. The van der Waals surface area contributed by atoms with Crippen LogP contribution in [0.5, 0.6) is 11.5 Å². The highest BCUT2D eigenvalue weighted by atomic mass is 28.4. The molecule has 12 heteroatoms. The van der Waals surface area contributed by atoms with Gasteiger partial charge in [0.25, 0.3) is 0 Å². The Morgan fingerprint density at radius 3 is 2.02 bits per heavy atom. The lowest BCUT2D eigenvalue weighted by atomic mass is 9.86. The number of aromatic nitrogens is 1. The number of hydrogen-bond acceptors (Lipinski definition) is 8. The zero-order valence-corrected chi connectivity index (χ0v) is 37.1. The summed E-state index contributed by atoms with van der Waals surface area (Å²) in [6.45, 7) is 17.8. The number of aromatic amines is 1. The predicted octanol–water partition coefficient (Wildman–Crippen LogP) is 9.98. The van der Waals surface area contributed by atoms with Crippen LogP contribution in [0.4, 0.5) is 4.79 Å². The molecule has 1 aromatic heterocycles. The van der Waals surface area contributed by atoms with Crippen molar-refractivity contribution >= 4 is 31.3 Å². The van der Waals surface area contributed by atoms with Gasteiger partial charge in [-0.2, -0.15) is 0 Å². The van der Waals surface area contributed by atoms with Crippen LogP contribution >= 0.6 is 0 Å². The molecule has 0 aliphatic rings. The van der Waals surface area contributed by atoms with E-state index in [-0.39, 0.29) is 28.3 Å². The minimum atomic E-state index is -2.43. The second-order valence-corrected chi connectivity index (χ2v) is 22.4. The summed E-state index contributed by atoms with van der Waals surface area (Å²) in [7, 11) is -2.43. The first-order valence-corrected chi connectivity index (χ1v) is 23.4. The van der Waals surface area contributed by atoms with Gasteiger partial charge in [-0.1, -0.05) is 99.6 Å². The minimum absolute atomic E-state index is 0.134. The molecule has 4 aromatic carbocycles. The van der Waals surface area contributed by atoms with Gasteiger partial charge in [0.1, 0.15) is 23.7 Å². The quantitative estimate of drug-likeness (QED) is 0.0580. The number of rotatable bonds is 18. The van der Waals surface area contributed by atoms with E-state index in [4.69, 9.17) is 18.6 Å². The van der Waals surface area contributed by atoms with E-state index in [1.165, 1.54) is 6.07 Å². The molecule has 0 spiro atoms. The highest BCUT2D eigenvalue weighted by Crippen LogP contribution is 2.42. The molecule has 5 rings (SSSR count). The molecule has 5 aromatic rings. The number of benzene rings is 4. The molecule has 1 amide bonds. The van der Waals surface area contributed by atoms with Crippen molar-refractivity contribution < 1.29 is 38.4 Å². The maximum absolute atomic E-state index is 13.9. The number of H-pyrrole nitrogens is 1. The van der Waals surface area contributed by atoms with Crippen molar-refractivity contribution in [3.8, 4) is 11.5 Å². The number of carbonyl (C=O) groups is 2. The summed E-state index contributed by atoms with van der Waals surface area (Å²) in [6, 6.07) is 31.7. The average molecular weight is 837 g/mol. The number of aliphatic carboxylic acids is 1. The molecule has 0 radical (unpaired) electrons. The normalized spacial score (nSPS) is 13.6. The predicted molar refractivity (Wildman–Crippen MR) is 237 cm³/mol. The highest BCUT2D eigenvalue weighted by molar-refractivity contribution is 6.74. The Morgan fingerprint density at radius 1 is 0.767 bits per heavy atom. The maximum atomic E-state index is 13.9. The van der Waals surface area contributed by atoms with Crippen molar-refractivity contribution in [2.75, 3.05) is 19.7 Å². The molecule has 0 aliphatic carbocycles. The Labute approximate surface area is 354 Å². The molecular weight excluding hydrogens is 777 g/mol. The molecule has 320 valence electrons. The summed E-state index contributed by atoms with van der Waals surface area (Å²) < 4.78 is 25.3. The second kappa shape index (κ2) is 19.3. The lowest BCUT2D eigenvalue weighted by Gasteiger charge is -2.41. The Hall–Kier alpha value is -5.43. The fourth-order valence-electron chi connectivity index (χ4n) is 6.56. The maximum Gasteiger partial charge on any atom is 0.410 e. The van der Waals surface area contributed by atoms with Gasteiger partial charge in [0.15, 0.2) is 8.32 Å². The van der Waals surface area contributed by atoms with Crippen molar-refractivity contribution in [1.29, 1.82) is 0 Å². The number of aliphatic hydroxyl groups is 1. The molecule has 0 saturated heterocycles. The van der Waals surface area contributed by atoms with Gasteiger partial charge in [-0.3, -0.25) is 4.79 Å². The Balaban J connectivity index is 1.32. The van der Waals surface area contributed by atoms with Gasteiger partial charge < -0.3 is 38.7 Å². The van der Waals surface area contributed by atoms with E-state index in [1.54, 1.807) is 65.6 Å². The number of carboxylic acids is 1. The summed E-state index contributed by atoms with van der Waals surface area (Å²) in [6.07, 6.45) is 1.11. The van der Waals surface area contributed by atoms with Crippen LogP contribution in [0.2, 0.25) is 18.1 Å². The van der Waals surface area contributed by atoms with Crippen LogP contribution in [0, 0.1) is 0 Å². The molecule has 3 N–H and O–H groups in total. The third kappa shape index (κ3) is 11.6. The van der Waals surface area contributed by atoms with Crippen LogP contribution in [0.1, 0.15) is 89.2 Å². The Morgan fingerprint density at radius 2 is 1.40 bits per heavy atom.